The fourth-order valence-corrected chi connectivity index (χ4v) is 3.71. The fraction of sp³-hybridized carbons (Fsp3) is 0.846. The average molecular weight is 302 g/mol. The summed E-state index contributed by atoms with van der Waals surface area (Å²) in [7, 11) is -3.16. The molecular weight excluding hydrogens is 280 g/mol. The Labute approximate surface area is 119 Å². The summed E-state index contributed by atoms with van der Waals surface area (Å²) in [4.78, 5) is 26.4. The predicted octanol–water partition coefficient (Wildman–Crippen LogP) is 0.0808. The fourth-order valence-electron chi connectivity index (χ4n) is 3.19. The van der Waals surface area contributed by atoms with Gasteiger partial charge in [-0.1, -0.05) is 19.8 Å². The van der Waals surface area contributed by atoms with Crippen molar-refractivity contribution in [2.24, 2.45) is 0 Å². The number of rotatable bonds is 4. The minimum Gasteiger partial charge on any atom is -0.342 e. The number of carbonyl (C=O) groups excluding carboxylic acids is 2. The number of nitrogens with one attached hydrogen (secondary N) is 1. The third-order valence-electron chi connectivity index (χ3n) is 4.33. The van der Waals surface area contributed by atoms with E-state index in [0.29, 0.717) is 19.3 Å². The second-order valence-corrected chi connectivity index (χ2v) is 8.05. The minimum atomic E-state index is -3.16. The predicted molar refractivity (Wildman–Crippen MR) is 74.8 cm³/mol. The van der Waals surface area contributed by atoms with Crippen LogP contribution in [-0.2, 0) is 19.4 Å². The molecule has 2 rings (SSSR count). The highest BCUT2D eigenvalue weighted by atomic mass is 32.2. The van der Waals surface area contributed by atoms with Gasteiger partial charge in [0.2, 0.25) is 11.8 Å². The molecule has 1 heterocycles. The van der Waals surface area contributed by atoms with E-state index in [9.17, 15) is 18.0 Å². The van der Waals surface area contributed by atoms with Crippen molar-refractivity contribution in [2.75, 3.05) is 18.6 Å². The molecule has 1 saturated carbocycles. The Morgan fingerprint density at radius 1 is 1.30 bits per heavy atom. The molecule has 1 aliphatic heterocycles. The van der Waals surface area contributed by atoms with E-state index in [-0.39, 0.29) is 24.1 Å². The summed E-state index contributed by atoms with van der Waals surface area (Å²) in [6.07, 6.45) is 4.73. The standard InChI is InChI=1S/C13H22N2O4S/c1-3-10-11(16)15(8-9-20(2,18)19)13(12(17)14-10)6-4-5-7-13/h10H,3-9H2,1-2H3,(H,14,17). The third-order valence-corrected chi connectivity index (χ3v) is 5.26. The Hall–Kier alpha value is -1.11. The quantitative estimate of drug-likeness (QED) is 0.797. The molecule has 114 valence electrons. The van der Waals surface area contributed by atoms with Crippen molar-refractivity contribution in [3.05, 3.63) is 0 Å². The Bertz CT molecular complexity index is 508. The average Bonchev–Trinajstić information content (AvgIpc) is 2.83. The molecule has 7 heteroatoms. The van der Waals surface area contributed by atoms with Gasteiger partial charge in [-0.05, 0) is 19.3 Å². The molecule has 0 bridgehead atoms. The third kappa shape index (κ3) is 2.68. The Balaban J connectivity index is 2.28. The molecule has 0 aromatic heterocycles. The van der Waals surface area contributed by atoms with Crippen LogP contribution in [0.4, 0.5) is 0 Å². The van der Waals surface area contributed by atoms with Crippen LogP contribution in [0, 0.1) is 0 Å². The molecule has 0 aromatic carbocycles. The first kappa shape index (κ1) is 15.3. The zero-order valence-electron chi connectivity index (χ0n) is 12.0. The summed E-state index contributed by atoms with van der Waals surface area (Å²) in [6, 6.07) is -0.520. The van der Waals surface area contributed by atoms with E-state index in [2.05, 4.69) is 5.32 Å². The van der Waals surface area contributed by atoms with E-state index in [1.807, 2.05) is 6.92 Å². The summed E-state index contributed by atoms with van der Waals surface area (Å²) in [5.74, 6) is -0.350. The van der Waals surface area contributed by atoms with Crippen LogP contribution in [0.3, 0.4) is 0 Å². The van der Waals surface area contributed by atoms with Gasteiger partial charge in [0, 0.05) is 12.8 Å². The lowest BCUT2D eigenvalue weighted by Gasteiger charge is -2.46. The highest BCUT2D eigenvalue weighted by molar-refractivity contribution is 7.90. The van der Waals surface area contributed by atoms with Crippen molar-refractivity contribution in [3.8, 4) is 0 Å². The molecule has 0 radical (unpaired) electrons. The summed E-state index contributed by atoms with van der Waals surface area (Å²) in [6.45, 7) is 1.95. The zero-order chi connectivity index (χ0) is 15.0. The van der Waals surface area contributed by atoms with Gasteiger partial charge >= 0.3 is 0 Å². The zero-order valence-corrected chi connectivity index (χ0v) is 12.8. The number of piperazine rings is 1. The highest BCUT2D eigenvalue weighted by Crippen LogP contribution is 2.38. The Morgan fingerprint density at radius 3 is 2.40 bits per heavy atom. The molecule has 1 spiro atoms. The molecule has 1 atom stereocenters. The van der Waals surface area contributed by atoms with Crippen molar-refractivity contribution in [1.82, 2.24) is 10.2 Å². The summed E-state index contributed by atoms with van der Waals surface area (Å²) in [5, 5.41) is 2.80. The Kier molecular flexibility index (Phi) is 4.09. The number of carbonyl (C=O) groups is 2. The highest BCUT2D eigenvalue weighted by Gasteiger charge is 2.53. The first-order valence-corrected chi connectivity index (χ1v) is 9.16. The first-order valence-electron chi connectivity index (χ1n) is 7.10. The van der Waals surface area contributed by atoms with E-state index in [1.165, 1.54) is 4.90 Å². The maximum atomic E-state index is 12.5. The van der Waals surface area contributed by atoms with E-state index >= 15 is 0 Å². The van der Waals surface area contributed by atoms with Gasteiger partial charge in [-0.15, -0.1) is 0 Å². The SMILES string of the molecule is CCC1NC(=O)C2(CCCC2)N(CCS(C)(=O)=O)C1=O. The van der Waals surface area contributed by atoms with Crippen LogP contribution >= 0.6 is 0 Å². The van der Waals surface area contributed by atoms with Crippen LogP contribution < -0.4 is 5.32 Å². The molecule has 1 saturated heterocycles. The number of hydrogen-bond acceptors (Lipinski definition) is 4. The number of nitrogens with zero attached hydrogens (tertiary/aromatic N) is 1. The summed E-state index contributed by atoms with van der Waals surface area (Å²) >= 11 is 0. The van der Waals surface area contributed by atoms with Crippen LogP contribution in [0.15, 0.2) is 0 Å². The summed E-state index contributed by atoms with van der Waals surface area (Å²) < 4.78 is 22.8. The Morgan fingerprint density at radius 2 is 1.90 bits per heavy atom. The molecule has 20 heavy (non-hydrogen) atoms. The maximum Gasteiger partial charge on any atom is 0.246 e. The topological polar surface area (TPSA) is 83.6 Å². The van der Waals surface area contributed by atoms with E-state index in [1.54, 1.807) is 0 Å². The van der Waals surface area contributed by atoms with Crippen LogP contribution in [0.1, 0.15) is 39.0 Å². The van der Waals surface area contributed by atoms with E-state index in [0.717, 1.165) is 19.1 Å². The van der Waals surface area contributed by atoms with Crippen molar-refractivity contribution in [1.29, 1.82) is 0 Å². The van der Waals surface area contributed by atoms with Crippen molar-refractivity contribution < 1.29 is 18.0 Å². The van der Waals surface area contributed by atoms with E-state index in [4.69, 9.17) is 0 Å². The largest absolute Gasteiger partial charge is 0.342 e. The lowest BCUT2D eigenvalue weighted by Crippen LogP contribution is -2.70. The molecule has 0 aromatic rings. The monoisotopic (exact) mass is 302 g/mol. The van der Waals surface area contributed by atoms with E-state index < -0.39 is 21.4 Å². The van der Waals surface area contributed by atoms with Gasteiger partial charge in [0.25, 0.3) is 0 Å². The van der Waals surface area contributed by atoms with Gasteiger partial charge < -0.3 is 10.2 Å². The first-order chi connectivity index (χ1) is 9.30. The normalized spacial score (nSPS) is 26.1. The molecule has 6 nitrogen and oxygen atoms in total. The van der Waals surface area contributed by atoms with Crippen molar-refractivity contribution in [3.63, 3.8) is 0 Å². The number of sulfone groups is 1. The lowest BCUT2D eigenvalue weighted by atomic mass is 9.89. The van der Waals surface area contributed by atoms with Gasteiger partial charge in [-0.3, -0.25) is 9.59 Å². The van der Waals surface area contributed by atoms with Crippen molar-refractivity contribution >= 4 is 21.7 Å². The van der Waals surface area contributed by atoms with Crippen molar-refractivity contribution in [2.45, 2.75) is 50.6 Å². The van der Waals surface area contributed by atoms with Crippen LogP contribution in [0.2, 0.25) is 0 Å². The number of hydrogen-bond donors (Lipinski definition) is 1. The van der Waals surface area contributed by atoms with Gasteiger partial charge in [0.1, 0.15) is 21.4 Å². The molecule has 1 N–H and O–H groups in total. The van der Waals surface area contributed by atoms with Crippen LogP contribution in [-0.4, -0.2) is 55.3 Å². The van der Waals surface area contributed by atoms with Gasteiger partial charge in [0.15, 0.2) is 0 Å². The molecule has 2 amide bonds. The molecular formula is C13H22N2O4S. The summed E-state index contributed by atoms with van der Waals surface area (Å²) in [5.41, 5.74) is -0.812. The lowest BCUT2D eigenvalue weighted by molar-refractivity contribution is -0.157. The van der Waals surface area contributed by atoms with Gasteiger partial charge in [-0.25, -0.2) is 8.42 Å². The maximum absolute atomic E-state index is 12.5. The molecule has 2 fully saturated rings. The molecule has 1 unspecified atom stereocenters. The second-order valence-electron chi connectivity index (χ2n) is 5.79. The molecule has 1 aliphatic carbocycles. The number of amides is 2. The van der Waals surface area contributed by atoms with Gasteiger partial charge in [0.05, 0.1) is 5.75 Å². The minimum absolute atomic E-state index is 0.0931. The molecule has 2 aliphatic rings. The smallest absolute Gasteiger partial charge is 0.246 e. The van der Waals surface area contributed by atoms with Crippen LogP contribution in [0.5, 0.6) is 0 Å². The van der Waals surface area contributed by atoms with Crippen LogP contribution in [0.25, 0.3) is 0 Å². The second kappa shape index (κ2) is 5.35. The van der Waals surface area contributed by atoms with Gasteiger partial charge in [-0.2, -0.15) is 0 Å².